The molecule has 130 valence electrons. The summed E-state index contributed by atoms with van der Waals surface area (Å²) in [7, 11) is 0. The Hall–Kier alpha value is -1.89. The summed E-state index contributed by atoms with van der Waals surface area (Å²) < 4.78 is 0. The van der Waals surface area contributed by atoms with E-state index in [1.165, 1.54) is 0 Å². The van der Waals surface area contributed by atoms with E-state index in [0.29, 0.717) is 50.5 Å². The lowest BCUT2D eigenvalue weighted by Crippen LogP contribution is -2.39. The molecule has 0 unspecified atom stereocenters. The summed E-state index contributed by atoms with van der Waals surface area (Å²) in [5, 5.41) is 8.83. The quantitative estimate of drug-likeness (QED) is 0.881. The molecule has 0 aromatic carbocycles. The van der Waals surface area contributed by atoms with E-state index in [0.717, 1.165) is 4.88 Å². The Bertz CT molecular complexity index is 642. The van der Waals surface area contributed by atoms with Crippen molar-refractivity contribution in [2.45, 2.75) is 38.7 Å². The van der Waals surface area contributed by atoms with E-state index in [9.17, 15) is 9.59 Å². The van der Waals surface area contributed by atoms with E-state index in [1.54, 1.807) is 11.3 Å². The Morgan fingerprint density at radius 1 is 1.50 bits per heavy atom. The maximum Gasteiger partial charge on any atom is 0.269 e. The molecular weight excluding hydrogens is 326 g/mol. The second kappa shape index (κ2) is 6.93. The fraction of sp³-hybridized carbons (Fsp3) is 0.588. The van der Waals surface area contributed by atoms with Crippen LogP contribution < -0.4 is 5.32 Å². The van der Waals surface area contributed by atoms with Crippen molar-refractivity contribution in [2.75, 3.05) is 19.6 Å². The van der Waals surface area contributed by atoms with E-state index in [4.69, 9.17) is 4.84 Å². The standard InChI is InChI=1S/C17H23N3O3S/c1-12(2)10-18-16(22)14-9-17(23-19-14)5-6-20(11-17)15(21)8-13-4-3-7-24-13/h3-4,7,12H,5-6,8-11H2,1-2H3,(H,18,22)/t17-/m0/s1. The number of hydrogen-bond acceptors (Lipinski definition) is 5. The van der Waals surface area contributed by atoms with Crippen molar-refractivity contribution in [3.63, 3.8) is 0 Å². The molecule has 2 amide bonds. The first-order chi connectivity index (χ1) is 11.5. The molecule has 1 atom stereocenters. The summed E-state index contributed by atoms with van der Waals surface area (Å²) in [6, 6.07) is 3.93. The van der Waals surface area contributed by atoms with E-state index in [-0.39, 0.29) is 11.8 Å². The van der Waals surface area contributed by atoms with Crippen molar-refractivity contribution in [3.05, 3.63) is 22.4 Å². The first kappa shape index (κ1) is 17.0. The molecule has 6 nitrogen and oxygen atoms in total. The average molecular weight is 349 g/mol. The summed E-state index contributed by atoms with van der Waals surface area (Å²) >= 11 is 1.59. The Morgan fingerprint density at radius 2 is 2.33 bits per heavy atom. The fourth-order valence-electron chi connectivity index (χ4n) is 2.99. The van der Waals surface area contributed by atoms with Gasteiger partial charge in [-0.3, -0.25) is 9.59 Å². The second-order valence-corrected chi connectivity index (χ2v) is 7.95. The Morgan fingerprint density at radius 3 is 3.04 bits per heavy atom. The van der Waals surface area contributed by atoms with Crippen molar-refractivity contribution in [3.8, 4) is 0 Å². The van der Waals surface area contributed by atoms with Crippen molar-refractivity contribution in [1.29, 1.82) is 0 Å². The summed E-state index contributed by atoms with van der Waals surface area (Å²) in [5.41, 5.74) is -0.0847. The third-order valence-electron chi connectivity index (χ3n) is 4.35. The SMILES string of the molecule is CC(C)CNC(=O)C1=NO[C@@]2(CCN(C(=O)Cc3cccs3)C2)C1. The summed E-state index contributed by atoms with van der Waals surface area (Å²) in [6.07, 6.45) is 1.61. The third-order valence-corrected chi connectivity index (χ3v) is 5.22. The van der Waals surface area contributed by atoms with Gasteiger partial charge in [0.05, 0.1) is 13.0 Å². The Balaban J connectivity index is 1.52. The lowest BCUT2D eigenvalue weighted by Gasteiger charge is -2.21. The van der Waals surface area contributed by atoms with Crippen molar-refractivity contribution >= 4 is 28.9 Å². The molecule has 0 aliphatic carbocycles. The molecule has 1 saturated heterocycles. The van der Waals surface area contributed by atoms with Crippen LogP contribution in [0.4, 0.5) is 0 Å². The lowest BCUT2D eigenvalue weighted by molar-refractivity contribution is -0.130. The normalized spacial score (nSPS) is 22.8. The van der Waals surface area contributed by atoms with Gasteiger partial charge in [0, 0.05) is 30.8 Å². The molecule has 1 N–H and O–H groups in total. The van der Waals surface area contributed by atoms with Crippen LogP contribution in [-0.2, 0) is 20.8 Å². The first-order valence-electron chi connectivity index (χ1n) is 8.31. The van der Waals surface area contributed by atoms with Crippen molar-refractivity contribution in [1.82, 2.24) is 10.2 Å². The summed E-state index contributed by atoms with van der Waals surface area (Å²) in [5.74, 6) is 0.335. The molecule has 0 radical (unpaired) electrons. The number of thiophene rings is 1. The predicted molar refractivity (Wildman–Crippen MR) is 92.9 cm³/mol. The van der Waals surface area contributed by atoms with Crippen LogP contribution in [0.5, 0.6) is 0 Å². The monoisotopic (exact) mass is 349 g/mol. The van der Waals surface area contributed by atoms with Crippen molar-refractivity contribution < 1.29 is 14.4 Å². The highest BCUT2D eigenvalue weighted by molar-refractivity contribution is 7.10. The van der Waals surface area contributed by atoms with E-state index >= 15 is 0 Å². The van der Waals surface area contributed by atoms with Crippen LogP contribution in [-0.4, -0.2) is 47.7 Å². The highest BCUT2D eigenvalue weighted by Crippen LogP contribution is 2.34. The van der Waals surface area contributed by atoms with Crippen molar-refractivity contribution in [2.24, 2.45) is 11.1 Å². The number of amides is 2. The van der Waals surface area contributed by atoms with Gasteiger partial charge in [-0.1, -0.05) is 25.1 Å². The molecule has 3 heterocycles. The molecule has 3 rings (SSSR count). The molecule has 1 aromatic heterocycles. The molecule has 2 aliphatic rings. The Kier molecular flexibility index (Phi) is 4.89. The zero-order valence-corrected chi connectivity index (χ0v) is 14.9. The van der Waals surface area contributed by atoms with E-state index in [2.05, 4.69) is 10.5 Å². The van der Waals surface area contributed by atoms with Gasteiger partial charge in [0.2, 0.25) is 5.91 Å². The third kappa shape index (κ3) is 3.77. The van der Waals surface area contributed by atoms with Crippen LogP contribution in [0.15, 0.2) is 22.7 Å². The fourth-order valence-corrected chi connectivity index (χ4v) is 3.69. The van der Waals surface area contributed by atoms with Crippen LogP contribution in [0.1, 0.15) is 31.6 Å². The maximum atomic E-state index is 12.4. The number of hydrogen-bond donors (Lipinski definition) is 1. The minimum atomic E-state index is -0.518. The van der Waals surface area contributed by atoms with E-state index in [1.807, 2.05) is 36.3 Å². The van der Waals surface area contributed by atoms with Gasteiger partial charge in [-0.15, -0.1) is 11.3 Å². The number of nitrogens with one attached hydrogen (secondary N) is 1. The largest absolute Gasteiger partial charge is 0.386 e. The highest BCUT2D eigenvalue weighted by atomic mass is 32.1. The highest BCUT2D eigenvalue weighted by Gasteiger charge is 2.47. The number of rotatable bonds is 5. The van der Waals surface area contributed by atoms with Gasteiger partial charge in [0.1, 0.15) is 5.71 Å². The summed E-state index contributed by atoms with van der Waals surface area (Å²) in [4.78, 5) is 33.0. The molecular formula is C17H23N3O3S. The lowest BCUT2D eigenvalue weighted by atomic mass is 9.96. The number of carbonyl (C=O) groups is 2. The van der Waals surface area contributed by atoms with Crippen LogP contribution >= 0.6 is 11.3 Å². The zero-order valence-electron chi connectivity index (χ0n) is 14.1. The predicted octanol–water partition coefficient (Wildman–Crippen LogP) is 1.81. The van der Waals surface area contributed by atoms with Gasteiger partial charge in [-0.2, -0.15) is 0 Å². The average Bonchev–Trinajstić information content (AvgIpc) is 3.27. The topological polar surface area (TPSA) is 71.0 Å². The smallest absolute Gasteiger partial charge is 0.269 e. The van der Waals surface area contributed by atoms with E-state index < -0.39 is 5.60 Å². The molecule has 0 saturated carbocycles. The van der Waals surface area contributed by atoms with Gasteiger partial charge in [0.25, 0.3) is 5.91 Å². The number of nitrogens with zero attached hydrogens (tertiary/aromatic N) is 2. The van der Waals surface area contributed by atoms with Gasteiger partial charge >= 0.3 is 0 Å². The molecule has 1 fully saturated rings. The molecule has 7 heteroatoms. The molecule has 2 aliphatic heterocycles. The van der Waals surface area contributed by atoms with Gasteiger partial charge in [-0.25, -0.2) is 0 Å². The number of likely N-dealkylation sites (tertiary alicyclic amines) is 1. The minimum absolute atomic E-state index is 0.107. The molecule has 1 spiro atoms. The zero-order chi connectivity index (χ0) is 17.2. The van der Waals surface area contributed by atoms with Crippen LogP contribution in [0.3, 0.4) is 0 Å². The second-order valence-electron chi connectivity index (χ2n) is 6.91. The molecule has 24 heavy (non-hydrogen) atoms. The first-order valence-corrected chi connectivity index (χ1v) is 9.19. The maximum absolute atomic E-state index is 12.4. The van der Waals surface area contributed by atoms with Crippen LogP contribution in [0, 0.1) is 5.92 Å². The number of carbonyl (C=O) groups excluding carboxylic acids is 2. The Labute approximate surface area is 145 Å². The van der Waals surface area contributed by atoms with Gasteiger partial charge < -0.3 is 15.1 Å². The summed E-state index contributed by atoms with van der Waals surface area (Å²) in [6.45, 7) is 5.87. The van der Waals surface area contributed by atoms with Gasteiger partial charge in [-0.05, 0) is 17.4 Å². The van der Waals surface area contributed by atoms with Gasteiger partial charge in [0.15, 0.2) is 5.60 Å². The van der Waals surface area contributed by atoms with Crippen LogP contribution in [0.25, 0.3) is 0 Å². The molecule has 1 aromatic rings. The van der Waals surface area contributed by atoms with Crippen LogP contribution in [0.2, 0.25) is 0 Å². The minimum Gasteiger partial charge on any atom is -0.386 e. The number of oxime groups is 1. The molecule has 0 bridgehead atoms.